The molecule has 0 aromatic heterocycles. The fraction of sp³-hybridized carbons (Fsp3) is 0.842. The molecule has 0 rings (SSSR count). The SMILES string of the molecule is C=C(CCCCCC(C)C)C(=O)OCCCCCC(C)C. The number of esters is 1. The molecule has 0 spiro atoms. The molecule has 0 atom stereocenters. The molecule has 0 saturated carbocycles. The number of hydrogen-bond acceptors (Lipinski definition) is 2. The predicted octanol–water partition coefficient (Wildman–Crippen LogP) is 5.91. The molecule has 0 aromatic rings. The average Bonchev–Trinajstić information content (AvgIpc) is 2.41. The van der Waals surface area contributed by atoms with Gasteiger partial charge in [-0.05, 0) is 31.1 Å². The summed E-state index contributed by atoms with van der Waals surface area (Å²) in [5.41, 5.74) is 0.640. The highest BCUT2D eigenvalue weighted by molar-refractivity contribution is 5.87. The van der Waals surface area contributed by atoms with E-state index < -0.39 is 0 Å². The lowest BCUT2D eigenvalue weighted by atomic mass is 10.0. The van der Waals surface area contributed by atoms with Crippen LogP contribution in [0.2, 0.25) is 0 Å². The van der Waals surface area contributed by atoms with Gasteiger partial charge in [-0.25, -0.2) is 4.79 Å². The highest BCUT2D eigenvalue weighted by atomic mass is 16.5. The van der Waals surface area contributed by atoms with Crippen LogP contribution in [0.4, 0.5) is 0 Å². The third-order valence-corrected chi connectivity index (χ3v) is 3.71. The topological polar surface area (TPSA) is 26.3 Å². The van der Waals surface area contributed by atoms with Crippen molar-refractivity contribution < 1.29 is 9.53 Å². The van der Waals surface area contributed by atoms with Crippen LogP contribution in [0.15, 0.2) is 12.2 Å². The van der Waals surface area contributed by atoms with Crippen molar-refractivity contribution in [3.05, 3.63) is 12.2 Å². The number of hydrogen-bond donors (Lipinski definition) is 0. The van der Waals surface area contributed by atoms with Gasteiger partial charge in [-0.3, -0.25) is 0 Å². The van der Waals surface area contributed by atoms with Crippen LogP contribution in [0.25, 0.3) is 0 Å². The highest BCUT2D eigenvalue weighted by Crippen LogP contribution is 2.13. The monoisotopic (exact) mass is 296 g/mol. The van der Waals surface area contributed by atoms with Gasteiger partial charge in [-0.1, -0.05) is 72.8 Å². The van der Waals surface area contributed by atoms with Crippen molar-refractivity contribution in [2.45, 2.75) is 85.5 Å². The summed E-state index contributed by atoms with van der Waals surface area (Å²) in [6, 6.07) is 0. The lowest BCUT2D eigenvalue weighted by Gasteiger charge is -2.08. The van der Waals surface area contributed by atoms with E-state index in [0.29, 0.717) is 12.2 Å². The van der Waals surface area contributed by atoms with E-state index in [0.717, 1.165) is 37.5 Å². The molecule has 0 radical (unpaired) electrons. The van der Waals surface area contributed by atoms with Crippen molar-refractivity contribution in [3.8, 4) is 0 Å². The normalized spacial score (nSPS) is 11.1. The summed E-state index contributed by atoms with van der Waals surface area (Å²) in [6.45, 7) is 13.4. The molecule has 21 heavy (non-hydrogen) atoms. The van der Waals surface area contributed by atoms with Gasteiger partial charge in [0.2, 0.25) is 0 Å². The fourth-order valence-corrected chi connectivity index (χ4v) is 2.27. The minimum Gasteiger partial charge on any atom is -0.462 e. The number of ether oxygens (including phenoxy) is 1. The van der Waals surface area contributed by atoms with Gasteiger partial charge >= 0.3 is 5.97 Å². The van der Waals surface area contributed by atoms with Crippen LogP contribution in [0.5, 0.6) is 0 Å². The summed E-state index contributed by atoms with van der Waals surface area (Å²) >= 11 is 0. The Bertz CT molecular complexity index is 279. The molecule has 0 aliphatic heterocycles. The Morgan fingerprint density at radius 3 is 1.90 bits per heavy atom. The molecule has 0 fully saturated rings. The first-order chi connectivity index (χ1) is 9.93. The number of unbranched alkanes of at least 4 members (excludes halogenated alkanes) is 4. The smallest absolute Gasteiger partial charge is 0.333 e. The van der Waals surface area contributed by atoms with Crippen LogP contribution < -0.4 is 0 Å². The number of carbonyl (C=O) groups excluding carboxylic acids is 1. The summed E-state index contributed by atoms with van der Waals surface area (Å²) in [7, 11) is 0. The van der Waals surface area contributed by atoms with E-state index in [4.69, 9.17) is 4.74 Å². The summed E-state index contributed by atoms with van der Waals surface area (Å²) in [5.74, 6) is 1.35. The Morgan fingerprint density at radius 2 is 1.38 bits per heavy atom. The lowest BCUT2D eigenvalue weighted by Crippen LogP contribution is -2.08. The molecular formula is C19H36O2. The van der Waals surface area contributed by atoms with E-state index >= 15 is 0 Å². The molecule has 0 heterocycles. The Kier molecular flexibility index (Phi) is 12.4. The van der Waals surface area contributed by atoms with Gasteiger partial charge in [0.15, 0.2) is 0 Å². The van der Waals surface area contributed by atoms with E-state index in [1.54, 1.807) is 0 Å². The summed E-state index contributed by atoms with van der Waals surface area (Å²) < 4.78 is 5.27. The second-order valence-corrected chi connectivity index (χ2v) is 6.98. The van der Waals surface area contributed by atoms with E-state index in [1.165, 1.54) is 32.1 Å². The summed E-state index contributed by atoms with van der Waals surface area (Å²) in [5, 5.41) is 0. The van der Waals surface area contributed by atoms with Gasteiger partial charge < -0.3 is 4.74 Å². The third kappa shape index (κ3) is 13.9. The molecule has 2 heteroatoms. The summed E-state index contributed by atoms with van der Waals surface area (Å²) in [6.07, 6.45) is 10.1. The molecule has 124 valence electrons. The Labute approximate surface area is 132 Å². The number of rotatable bonds is 13. The van der Waals surface area contributed by atoms with Crippen LogP contribution in [-0.4, -0.2) is 12.6 Å². The molecule has 0 unspecified atom stereocenters. The van der Waals surface area contributed by atoms with Crippen LogP contribution in [0, 0.1) is 11.8 Å². The quantitative estimate of drug-likeness (QED) is 0.240. The zero-order valence-electron chi connectivity index (χ0n) is 14.7. The third-order valence-electron chi connectivity index (χ3n) is 3.71. The maximum absolute atomic E-state index is 11.7. The predicted molar refractivity (Wildman–Crippen MR) is 91.3 cm³/mol. The van der Waals surface area contributed by atoms with Crippen LogP contribution >= 0.6 is 0 Å². The minimum absolute atomic E-state index is 0.192. The number of carbonyl (C=O) groups is 1. The van der Waals surface area contributed by atoms with Gasteiger partial charge in [0.1, 0.15) is 0 Å². The molecule has 0 aliphatic carbocycles. The minimum atomic E-state index is -0.192. The molecule has 0 amide bonds. The molecule has 0 aliphatic rings. The van der Waals surface area contributed by atoms with Crippen molar-refractivity contribution >= 4 is 5.97 Å². The van der Waals surface area contributed by atoms with Gasteiger partial charge in [0.25, 0.3) is 0 Å². The van der Waals surface area contributed by atoms with Crippen molar-refractivity contribution in [3.63, 3.8) is 0 Å². The van der Waals surface area contributed by atoms with Crippen LogP contribution in [0.1, 0.15) is 85.5 Å². The molecule has 0 saturated heterocycles. The van der Waals surface area contributed by atoms with E-state index in [-0.39, 0.29) is 5.97 Å². The second-order valence-electron chi connectivity index (χ2n) is 6.98. The first-order valence-corrected chi connectivity index (χ1v) is 8.78. The van der Waals surface area contributed by atoms with Crippen molar-refractivity contribution in [1.82, 2.24) is 0 Å². The molecular weight excluding hydrogens is 260 g/mol. The van der Waals surface area contributed by atoms with Crippen molar-refractivity contribution in [2.24, 2.45) is 11.8 Å². The average molecular weight is 296 g/mol. The Morgan fingerprint density at radius 1 is 0.857 bits per heavy atom. The maximum atomic E-state index is 11.7. The van der Waals surface area contributed by atoms with Crippen molar-refractivity contribution in [1.29, 1.82) is 0 Å². The molecule has 0 bridgehead atoms. The first-order valence-electron chi connectivity index (χ1n) is 8.78. The zero-order valence-corrected chi connectivity index (χ0v) is 14.7. The molecule has 0 aromatic carbocycles. The van der Waals surface area contributed by atoms with Crippen molar-refractivity contribution in [2.75, 3.05) is 6.61 Å². The van der Waals surface area contributed by atoms with Crippen LogP contribution in [-0.2, 0) is 9.53 Å². The van der Waals surface area contributed by atoms with E-state index in [9.17, 15) is 4.79 Å². The van der Waals surface area contributed by atoms with Gasteiger partial charge in [-0.2, -0.15) is 0 Å². The van der Waals surface area contributed by atoms with Gasteiger partial charge in [0.05, 0.1) is 6.61 Å². The van der Waals surface area contributed by atoms with Gasteiger partial charge in [-0.15, -0.1) is 0 Å². The Balaban J connectivity index is 3.47. The highest BCUT2D eigenvalue weighted by Gasteiger charge is 2.08. The maximum Gasteiger partial charge on any atom is 0.333 e. The van der Waals surface area contributed by atoms with Gasteiger partial charge in [0, 0.05) is 5.57 Å². The lowest BCUT2D eigenvalue weighted by molar-refractivity contribution is -0.139. The second kappa shape index (κ2) is 12.9. The summed E-state index contributed by atoms with van der Waals surface area (Å²) in [4.78, 5) is 11.7. The standard InChI is InChI=1S/C19H36O2/c1-16(2)12-8-6-10-14-18(5)19(20)21-15-11-7-9-13-17(3)4/h16-17H,5-15H2,1-4H3. The van der Waals surface area contributed by atoms with Crippen LogP contribution in [0.3, 0.4) is 0 Å². The first kappa shape index (κ1) is 20.2. The largest absolute Gasteiger partial charge is 0.462 e. The zero-order chi connectivity index (χ0) is 16.1. The van der Waals surface area contributed by atoms with E-state index in [2.05, 4.69) is 34.3 Å². The molecule has 0 N–H and O–H groups in total. The van der Waals surface area contributed by atoms with E-state index in [1.807, 2.05) is 0 Å². The Hall–Kier alpha value is -0.790. The fourth-order valence-electron chi connectivity index (χ4n) is 2.27. The molecule has 2 nitrogen and oxygen atoms in total.